The van der Waals surface area contributed by atoms with Gasteiger partial charge in [-0.1, -0.05) is 131 Å². The van der Waals surface area contributed by atoms with Crippen molar-refractivity contribution in [3.63, 3.8) is 0 Å². The van der Waals surface area contributed by atoms with Crippen LogP contribution in [0, 0.1) is 11.6 Å². The number of nitrogens with one attached hydrogen (secondary N) is 1. The summed E-state index contributed by atoms with van der Waals surface area (Å²) in [4.78, 5) is 55.2. The Kier molecular flexibility index (Phi) is 20.5. The summed E-state index contributed by atoms with van der Waals surface area (Å²) < 4.78 is 41.5. The Bertz CT molecular complexity index is 3880. The van der Waals surface area contributed by atoms with Crippen LogP contribution in [-0.2, 0) is 22.6 Å². The maximum atomic E-state index is 13.9. The lowest BCUT2D eigenvalue weighted by Gasteiger charge is -2.32. The van der Waals surface area contributed by atoms with Gasteiger partial charge in [-0.2, -0.15) is 10.2 Å². The Balaban J connectivity index is 0.000000200. The molecular weight excluding hydrogens is 1200 g/mol. The van der Waals surface area contributed by atoms with Crippen LogP contribution < -0.4 is 11.1 Å². The second-order valence-electron chi connectivity index (χ2n) is 22.6. The van der Waals surface area contributed by atoms with Crippen molar-refractivity contribution in [3.8, 4) is 11.4 Å². The first kappa shape index (κ1) is 64.7. The van der Waals surface area contributed by atoms with E-state index in [1.54, 1.807) is 107 Å². The molecule has 2 aliphatic rings. The first-order valence-corrected chi connectivity index (χ1v) is 29.1. The molecule has 6 aromatic carbocycles. The topological polar surface area (TPSA) is 187 Å². The lowest BCUT2D eigenvalue weighted by molar-refractivity contribution is 0.0244. The van der Waals surface area contributed by atoms with Crippen LogP contribution in [0.4, 0.5) is 18.4 Å². The second-order valence-corrected chi connectivity index (χ2v) is 24.3. The zero-order valence-corrected chi connectivity index (χ0v) is 51.9. The smallest absolute Gasteiger partial charge is 0.410 e. The average molecular weight is 1260 g/mol. The molecule has 2 atom stereocenters. The third kappa shape index (κ3) is 16.6. The van der Waals surface area contributed by atoms with Gasteiger partial charge < -0.3 is 25.6 Å². The molecule has 2 aromatic heterocycles. The van der Waals surface area contributed by atoms with Crippen LogP contribution in [0.25, 0.3) is 34.7 Å². The van der Waals surface area contributed by atoms with Gasteiger partial charge in [0.25, 0.3) is 5.91 Å². The zero-order valence-electron chi connectivity index (χ0n) is 48.9. The van der Waals surface area contributed by atoms with E-state index >= 15 is 0 Å². The van der Waals surface area contributed by atoms with Gasteiger partial charge in [0.1, 0.15) is 22.8 Å². The van der Waals surface area contributed by atoms with Crippen LogP contribution in [0.2, 0.25) is 20.1 Å². The normalized spacial score (nSPS) is 14.6. The largest absolute Gasteiger partial charge is 0.476 e. The van der Waals surface area contributed by atoms with Gasteiger partial charge in [-0.25, -0.2) is 32.5 Å². The summed E-state index contributed by atoms with van der Waals surface area (Å²) in [7, 11) is 0. The van der Waals surface area contributed by atoms with Crippen LogP contribution >= 0.6 is 46.4 Å². The van der Waals surface area contributed by atoms with Gasteiger partial charge in [0.15, 0.2) is 11.4 Å². The standard InChI is InChI=1S/C33H31Cl2FN4O3.C25H22Cl2FN3O4.C8H11N/c1-20(22-8-6-5-7-9-22)37-31(41)29-26-19-39(32(42)43-33(2,3)4)18-23(16-21-10-13-25(36)14-11-21)30(26)40(38-29)28-15-12-24(34)17-27(28)35;1-25(2,3)35-24(34)30-12-15(10-14-4-7-17(28)8-5-14)22-18(13-30)21(23(32)33)29-31(22)20-9-6-16(26)11-19(20)27;1-7(9)8-5-3-2-4-6-8/h5-17,20H,18-19H2,1-4H3,(H,37,41);4-11H,12-13H2,1-3H3,(H,32,33);2-7H,9H2,1H3/b23-16+;15-10+;/t20-;;7-/m1.1/s1. The van der Waals surface area contributed by atoms with E-state index < -0.39 is 41.1 Å². The van der Waals surface area contributed by atoms with Crippen molar-refractivity contribution in [3.05, 3.63) is 233 Å². The Labute approximate surface area is 523 Å². The van der Waals surface area contributed by atoms with Gasteiger partial charge in [0, 0.05) is 27.2 Å². The molecular formula is C66H64Cl4F2N8O7. The molecule has 2 aliphatic heterocycles. The number of nitrogens with zero attached hydrogens (tertiary/aromatic N) is 6. The highest BCUT2D eigenvalue weighted by atomic mass is 35.5. The number of benzene rings is 6. The Morgan fingerprint density at radius 2 is 0.966 bits per heavy atom. The number of carbonyl (C=O) groups is 4. The van der Waals surface area contributed by atoms with E-state index in [0.717, 1.165) is 5.56 Å². The van der Waals surface area contributed by atoms with Crippen LogP contribution in [0.5, 0.6) is 0 Å². The Morgan fingerprint density at radius 3 is 1.33 bits per heavy atom. The van der Waals surface area contributed by atoms with Crippen molar-refractivity contribution >= 4 is 93.8 Å². The van der Waals surface area contributed by atoms with Crippen molar-refractivity contribution < 1.29 is 42.5 Å². The maximum absolute atomic E-state index is 13.9. The van der Waals surface area contributed by atoms with Crippen LogP contribution in [0.1, 0.15) is 133 Å². The first-order valence-electron chi connectivity index (χ1n) is 27.6. The molecule has 0 spiro atoms. The summed E-state index contributed by atoms with van der Waals surface area (Å²) >= 11 is 25.3. The zero-order chi connectivity index (χ0) is 63.1. The third-order valence-corrected chi connectivity index (χ3v) is 14.5. The van der Waals surface area contributed by atoms with E-state index in [1.165, 1.54) is 50.4 Å². The predicted octanol–water partition coefficient (Wildman–Crippen LogP) is 16.1. The minimum Gasteiger partial charge on any atom is -0.476 e. The quantitative estimate of drug-likeness (QED) is 0.125. The van der Waals surface area contributed by atoms with Gasteiger partial charge in [0.05, 0.1) is 65.0 Å². The van der Waals surface area contributed by atoms with Gasteiger partial charge in [0.2, 0.25) is 0 Å². The van der Waals surface area contributed by atoms with Gasteiger partial charge in [-0.05, 0) is 162 Å². The summed E-state index contributed by atoms with van der Waals surface area (Å²) in [6.07, 6.45) is 2.46. The average Bonchev–Trinajstić information content (AvgIpc) is 1.70. The number of fused-ring (bicyclic) bond motifs is 2. The van der Waals surface area contributed by atoms with Gasteiger partial charge in [-0.3, -0.25) is 14.6 Å². The number of carbonyl (C=O) groups excluding carboxylic acids is 3. The van der Waals surface area contributed by atoms with Crippen molar-refractivity contribution in [1.29, 1.82) is 0 Å². The fraction of sp³-hybridized carbons (Fsp3) is 0.242. The number of halogens is 6. The molecule has 3 amide bonds. The number of aromatic carboxylic acids is 1. The van der Waals surface area contributed by atoms with Crippen LogP contribution in [0.3, 0.4) is 0 Å². The fourth-order valence-corrected chi connectivity index (χ4v) is 10.4. The number of amides is 3. The highest BCUT2D eigenvalue weighted by molar-refractivity contribution is 6.36. The highest BCUT2D eigenvalue weighted by Gasteiger charge is 2.38. The molecule has 4 N–H and O–H groups in total. The molecule has 4 heterocycles. The minimum absolute atomic E-state index is 0.0299. The summed E-state index contributed by atoms with van der Waals surface area (Å²) in [5, 5.41) is 23.5. The second kappa shape index (κ2) is 27.6. The molecule has 0 unspecified atom stereocenters. The van der Waals surface area contributed by atoms with E-state index in [4.69, 9.17) is 66.7 Å². The number of aromatic nitrogens is 4. The number of carboxylic acids is 1. The molecule has 0 aliphatic carbocycles. The third-order valence-electron chi connectivity index (χ3n) is 13.4. The molecule has 0 saturated carbocycles. The lowest BCUT2D eigenvalue weighted by atomic mass is 9.97. The van der Waals surface area contributed by atoms with E-state index in [9.17, 15) is 33.1 Å². The first-order chi connectivity index (χ1) is 41.1. The monoisotopic (exact) mass is 1260 g/mol. The number of hydrogen-bond acceptors (Lipinski definition) is 9. The molecule has 10 rings (SSSR count). The highest BCUT2D eigenvalue weighted by Crippen LogP contribution is 2.39. The molecule has 0 radical (unpaired) electrons. The van der Waals surface area contributed by atoms with Gasteiger partial charge >= 0.3 is 18.2 Å². The van der Waals surface area contributed by atoms with Crippen molar-refractivity contribution in [1.82, 2.24) is 34.7 Å². The van der Waals surface area contributed by atoms with Crippen molar-refractivity contribution in [2.24, 2.45) is 5.73 Å². The summed E-state index contributed by atoms with van der Waals surface area (Å²) in [6, 6.07) is 41.1. The number of hydrogen-bond donors (Lipinski definition) is 3. The number of rotatable bonds is 9. The molecule has 0 fully saturated rings. The molecule has 15 nitrogen and oxygen atoms in total. The molecule has 0 bridgehead atoms. The van der Waals surface area contributed by atoms with E-state index in [2.05, 4.69) is 10.4 Å². The number of carboxylic acid groups (broad SMARTS) is 1. The SMILES string of the molecule is CC(C)(C)OC(=O)N1C/C(=C\c2ccc(F)cc2)c2c(c(C(=O)O)nn2-c2ccc(Cl)cc2Cl)C1.C[C@@H](N)c1ccccc1.C[C@@H](NC(=O)c1nn(-c2ccc(Cl)cc2Cl)c2c1CN(C(=O)OC(C)(C)C)C/C2=C\c1ccc(F)cc1)c1ccccc1. The van der Waals surface area contributed by atoms with Crippen LogP contribution in [-0.4, -0.2) is 82.8 Å². The molecule has 87 heavy (non-hydrogen) atoms. The Hall–Kier alpha value is -8.32. The Morgan fingerprint density at radius 1 is 0.575 bits per heavy atom. The molecule has 452 valence electrons. The summed E-state index contributed by atoms with van der Waals surface area (Å²) in [5.41, 5.74) is 11.6. The number of nitrogens with two attached hydrogens (primary N) is 1. The summed E-state index contributed by atoms with van der Waals surface area (Å²) in [5.74, 6) is -2.43. The maximum Gasteiger partial charge on any atom is 0.410 e. The lowest BCUT2D eigenvalue weighted by Crippen LogP contribution is -2.40. The predicted molar refractivity (Wildman–Crippen MR) is 337 cm³/mol. The molecule has 21 heteroatoms. The number of ether oxygens (including phenoxy) is 2. The van der Waals surface area contributed by atoms with E-state index in [1.807, 2.05) is 80.6 Å². The van der Waals surface area contributed by atoms with E-state index in [0.29, 0.717) is 71.2 Å². The summed E-state index contributed by atoms with van der Waals surface area (Å²) in [6.45, 7) is 14.8. The molecule has 0 saturated heterocycles. The van der Waals surface area contributed by atoms with Crippen LogP contribution in [0.15, 0.2) is 146 Å². The fourth-order valence-electron chi connectivity index (χ4n) is 9.43. The van der Waals surface area contributed by atoms with E-state index in [-0.39, 0.29) is 60.5 Å². The van der Waals surface area contributed by atoms with Crippen molar-refractivity contribution in [2.45, 2.75) is 91.8 Å². The molecule has 8 aromatic rings. The van der Waals surface area contributed by atoms with Gasteiger partial charge in [-0.15, -0.1) is 0 Å². The van der Waals surface area contributed by atoms with Crippen molar-refractivity contribution in [2.75, 3.05) is 13.1 Å². The minimum atomic E-state index is -1.25.